The summed E-state index contributed by atoms with van der Waals surface area (Å²) in [5.41, 5.74) is 3.32. The molecule has 0 amide bonds. The minimum absolute atomic E-state index is 0.0681. The molecule has 5 nitrogen and oxygen atoms in total. The second-order valence-electron chi connectivity index (χ2n) is 8.54. The zero-order valence-corrected chi connectivity index (χ0v) is 21.2. The fourth-order valence-corrected chi connectivity index (χ4v) is 5.37. The number of aryl methyl sites for hydroxylation is 1. The van der Waals surface area contributed by atoms with Crippen molar-refractivity contribution in [2.45, 2.75) is 35.4 Å². The van der Waals surface area contributed by atoms with Gasteiger partial charge in [-0.2, -0.15) is 0 Å². The molecule has 0 saturated carbocycles. The molecule has 2 aromatic carbocycles. The van der Waals surface area contributed by atoms with Crippen LogP contribution in [-0.2, 0) is 0 Å². The van der Waals surface area contributed by atoms with Crippen LogP contribution in [0.15, 0.2) is 106 Å². The molecule has 2 N–H and O–H groups in total. The number of anilines is 1. The van der Waals surface area contributed by atoms with Crippen molar-refractivity contribution in [1.82, 2.24) is 15.2 Å². The second kappa shape index (κ2) is 11.0. The number of nitrogens with one attached hydrogen (secondary N) is 2. The molecule has 1 aliphatic rings. The fourth-order valence-electron chi connectivity index (χ4n) is 4.26. The lowest BCUT2D eigenvalue weighted by atomic mass is 10.0. The molecular weight excluding hydrogens is 472 g/mol. The Hall–Kier alpha value is -3.29. The van der Waals surface area contributed by atoms with Gasteiger partial charge in [0.1, 0.15) is 11.8 Å². The van der Waals surface area contributed by atoms with Crippen LogP contribution in [0.1, 0.15) is 35.5 Å². The normalized spacial score (nSPS) is 17.4. The SMILES string of the molecule is Cc1ccc(Sc2ccc([C@H]3[C@@H](c4ccccn4)NC(=S)N3CCCNc3ccccc3)o2)cc1. The van der Waals surface area contributed by atoms with E-state index in [1.807, 2.05) is 48.7 Å². The van der Waals surface area contributed by atoms with E-state index >= 15 is 0 Å². The van der Waals surface area contributed by atoms with Crippen LogP contribution >= 0.6 is 24.0 Å². The fraction of sp³-hybridized carbons (Fsp3) is 0.214. The summed E-state index contributed by atoms with van der Waals surface area (Å²) >= 11 is 7.41. The molecule has 0 spiro atoms. The maximum Gasteiger partial charge on any atom is 0.170 e. The largest absolute Gasteiger partial charge is 0.452 e. The lowest BCUT2D eigenvalue weighted by molar-refractivity contribution is 0.259. The van der Waals surface area contributed by atoms with E-state index in [2.05, 4.69) is 69.9 Å². The third-order valence-electron chi connectivity index (χ3n) is 6.01. The van der Waals surface area contributed by atoms with E-state index in [1.165, 1.54) is 5.56 Å². The molecule has 4 aromatic rings. The van der Waals surface area contributed by atoms with Crippen LogP contribution < -0.4 is 10.6 Å². The number of aromatic nitrogens is 1. The predicted octanol–water partition coefficient (Wildman–Crippen LogP) is 6.61. The summed E-state index contributed by atoms with van der Waals surface area (Å²) in [6.45, 7) is 3.76. The van der Waals surface area contributed by atoms with E-state index in [9.17, 15) is 0 Å². The van der Waals surface area contributed by atoms with Crippen molar-refractivity contribution in [3.8, 4) is 0 Å². The summed E-state index contributed by atoms with van der Waals surface area (Å²) in [6, 6.07) is 28.7. The minimum Gasteiger partial charge on any atom is -0.452 e. The van der Waals surface area contributed by atoms with E-state index in [4.69, 9.17) is 16.6 Å². The Morgan fingerprint density at radius 2 is 1.80 bits per heavy atom. The Bertz CT molecular complexity index is 1240. The molecule has 1 aliphatic heterocycles. The van der Waals surface area contributed by atoms with Crippen molar-refractivity contribution >= 4 is 34.8 Å². The van der Waals surface area contributed by atoms with Gasteiger partial charge in [-0.3, -0.25) is 4.98 Å². The molecule has 5 rings (SSSR count). The number of rotatable bonds is 9. The van der Waals surface area contributed by atoms with E-state index in [0.29, 0.717) is 0 Å². The predicted molar refractivity (Wildman–Crippen MR) is 146 cm³/mol. The van der Waals surface area contributed by atoms with Crippen molar-refractivity contribution < 1.29 is 4.42 Å². The van der Waals surface area contributed by atoms with Gasteiger partial charge in [-0.05, 0) is 74.1 Å². The van der Waals surface area contributed by atoms with Crippen LogP contribution in [0.5, 0.6) is 0 Å². The summed E-state index contributed by atoms with van der Waals surface area (Å²) in [4.78, 5) is 8.01. The molecule has 0 unspecified atom stereocenters. The molecule has 35 heavy (non-hydrogen) atoms. The van der Waals surface area contributed by atoms with Gasteiger partial charge in [0.15, 0.2) is 10.2 Å². The summed E-state index contributed by atoms with van der Waals surface area (Å²) in [6.07, 6.45) is 2.76. The summed E-state index contributed by atoms with van der Waals surface area (Å²) in [5.74, 6) is 0.888. The maximum absolute atomic E-state index is 6.39. The first-order chi connectivity index (χ1) is 17.2. The Labute approximate surface area is 216 Å². The third kappa shape index (κ3) is 5.69. The molecule has 0 aliphatic carbocycles. The van der Waals surface area contributed by atoms with Crippen molar-refractivity contribution in [2.75, 3.05) is 18.4 Å². The van der Waals surface area contributed by atoms with Crippen LogP contribution in [-0.4, -0.2) is 28.1 Å². The molecule has 0 radical (unpaired) electrons. The summed E-state index contributed by atoms with van der Waals surface area (Å²) in [5, 5.41) is 8.59. The van der Waals surface area contributed by atoms with Crippen molar-refractivity contribution in [2.24, 2.45) is 0 Å². The smallest absolute Gasteiger partial charge is 0.170 e. The van der Waals surface area contributed by atoms with Crippen LogP contribution in [0.25, 0.3) is 0 Å². The number of hydrogen-bond acceptors (Lipinski definition) is 5. The lowest BCUT2D eigenvalue weighted by Crippen LogP contribution is -2.31. The van der Waals surface area contributed by atoms with Gasteiger partial charge in [0.05, 0.1) is 11.7 Å². The highest BCUT2D eigenvalue weighted by atomic mass is 32.2. The molecule has 3 heterocycles. The number of para-hydroxylation sites is 1. The van der Waals surface area contributed by atoms with Gasteiger partial charge in [-0.25, -0.2) is 0 Å². The number of benzene rings is 2. The molecular formula is C28H28N4OS2. The second-order valence-corrected chi connectivity index (χ2v) is 10.0. The summed E-state index contributed by atoms with van der Waals surface area (Å²) < 4.78 is 6.39. The summed E-state index contributed by atoms with van der Waals surface area (Å²) in [7, 11) is 0. The van der Waals surface area contributed by atoms with Gasteiger partial charge in [0.2, 0.25) is 0 Å². The number of hydrogen-bond donors (Lipinski definition) is 2. The Kier molecular flexibility index (Phi) is 7.35. The molecule has 0 bridgehead atoms. The van der Waals surface area contributed by atoms with E-state index in [1.54, 1.807) is 11.8 Å². The van der Waals surface area contributed by atoms with Crippen molar-refractivity contribution in [3.05, 3.63) is 108 Å². The van der Waals surface area contributed by atoms with Crippen molar-refractivity contribution in [3.63, 3.8) is 0 Å². The topological polar surface area (TPSA) is 53.3 Å². The van der Waals surface area contributed by atoms with E-state index < -0.39 is 0 Å². The first kappa shape index (κ1) is 23.5. The van der Waals surface area contributed by atoms with Crippen molar-refractivity contribution in [1.29, 1.82) is 0 Å². The molecule has 7 heteroatoms. The third-order valence-corrected chi connectivity index (χ3v) is 7.29. The number of furan rings is 1. The standard InChI is InChI=1S/C28H28N4OS2/c1-20-11-13-22(14-12-20)35-25-16-15-24(33-25)27-26(23-10-5-6-17-30-23)31-28(34)32(27)19-7-18-29-21-8-3-2-4-9-21/h2-6,8-17,26-27,29H,7,18-19H2,1H3,(H,31,34)/t26-,27+/m1/s1. The van der Waals surface area contributed by atoms with Gasteiger partial charge in [-0.15, -0.1) is 0 Å². The zero-order chi connectivity index (χ0) is 24.0. The van der Waals surface area contributed by atoms with Gasteiger partial charge in [0.25, 0.3) is 0 Å². The maximum atomic E-state index is 6.39. The zero-order valence-electron chi connectivity index (χ0n) is 19.6. The quantitative estimate of drug-likeness (QED) is 0.198. The highest BCUT2D eigenvalue weighted by molar-refractivity contribution is 7.99. The van der Waals surface area contributed by atoms with Crippen LogP contribution in [0.4, 0.5) is 5.69 Å². The van der Waals surface area contributed by atoms with Crippen LogP contribution in [0, 0.1) is 6.92 Å². The van der Waals surface area contributed by atoms with E-state index in [0.717, 1.165) is 51.8 Å². The average molecular weight is 501 g/mol. The van der Waals surface area contributed by atoms with Crippen LogP contribution in [0.3, 0.4) is 0 Å². The molecule has 2 aromatic heterocycles. The van der Waals surface area contributed by atoms with Gasteiger partial charge in [0, 0.05) is 29.9 Å². The number of nitrogens with zero attached hydrogens (tertiary/aromatic N) is 2. The minimum atomic E-state index is -0.0749. The molecule has 1 saturated heterocycles. The molecule has 178 valence electrons. The van der Waals surface area contributed by atoms with Crippen LogP contribution in [0.2, 0.25) is 0 Å². The Balaban J connectivity index is 1.33. The Morgan fingerprint density at radius 1 is 1.00 bits per heavy atom. The highest BCUT2D eigenvalue weighted by Gasteiger charge is 2.41. The number of thiocarbonyl (C=S) groups is 1. The highest BCUT2D eigenvalue weighted by Crippen LogP contribution is 2.41. The van der Waals surface area contributed by atoms with Gasteiger partial charge >= 0.3 is 0 Å². The first-order valence-corrected chi connectivity index (χ1v) is 13.0. The molecule has 1 fully saturated rings. The average Bonchev–Trinajstić information content (AvgIpc) is 3.48. The Morgan fingerprint density at radius 3 is 2.57 bits per heavy atom. The number of pyridine rings is 1. The van der Waals surface area contributed by atoms with Gasteiger partial charge in [-0.1, -0.05) is 53.7 Å². The van der Waals surface area contributed by atoms with Gasteiger partial charge < -0.3 is 20.0 Å². The monoisotopic (exact) mass is 500 g/mol. The molecule has 2 atom stereocenters. The lowest BCUT2D eigenvalue weighted by Gasteiger charge is -2.26. The first-order valence-electron chi connectivity index (χ1n) is 11.8. The van der Waals surface area contributed by atoms with E-state index in [-0.39, 0.29) is 12.1 Å².